The zero-order chi connectivity index (χ0) is 28.2. The highest BCUT2D eigenvalue weighted by Crippen LogP contribution is 2.41. The van der Waals surface area contributed by atoms with E-state index in [1.165, 1.54) is 16.4 Å². The molecule has 9 heteroatoms. The molecule has 204 valence electrons. The average Bonchev–Trinajstić information content (AvgIpc) is 3.32. The van der Waals surface area contributed by atoms with Crippen molar-refractivity contribution >= 4 is 29.1 Å². The fraction of sp³-hybridized carbons (Fsp3) is 0.517. The van der Waals surface area contributed by atoms with Gasteiger partial charge in [0.05, 0.1) is 29.6 Å². The molecule has 3 aromatic rings. The van der Waals surface area contributed by atoms with Crippen LogP contribution in [0.4, 0.5) is 9.59 Å². The lowest BCUT2D eigenvalue weighted by Crippen LogP contribution is -2.31. The molecule has 4 rings (SSSR count). The molecular formula is C29H37N3O6. The first-order valence-electron chi connectivity index (χ1n) is 12.8. The van der Waals surface area contributed by atoms with Crippen molar-refractivity contribution in [3.05, 3.63) is 41.1 Å². The van der Waals surface area contributed by atoms with Crippen molar-refractivity contribution in [2.45, 2.75) is 85.9 Å². The smallest absolute Gasteiger partial charge is 0.435 e. The maximum absolute atomic E-state index is 13.6. The molecule has 0 aliphatic heterocycles. The van der Waals surface area contributed by atoms with Gasteiger partial charge in [0.2, 0.25) is 0 Å². The van der Waals surface area contributed by atoms with E-state index in [2.05, 4.69) is 13.8 Å². The van der Waals surface area contributed by atoms with Crippen molar-refractivity contribution in [1.29, 1.82) is 0 Å². The molecule has 0 N–H and O–H groups in total. The fourth-order valence-corrected chi connectivity index (χ4v) is 4.72. The number of carbonyl (C=O) groups excluding carboxylic acids is 3. The zero-order valence-corrected chi connectivity index (χ0v) is 23.7. The third-order valence-electron chi connectivity index (χ3n) is 6.40. The van der Waals surface area contributed by atoms with Gasteiger partial charge in [-0.25, -0.2) is 19.0 Å². The first kappa shape index (κ1) is 27.4. The van der Waals surface area contributed by atoms with Crippen LogP contribution in [0.15, 0.2) is 24.3 Å². The molecule has 1 aliphatic carbocycles. The summed E-state index contributed by atoms with van der Waals surface area (Å²) >= 11 is 0. The molecule has 0 amide bonds. The van der Waals surface area contributed by atoms with Crippen LogP contribution in [0, 0.1) is 5.41 Å². The lowest BCUT2D eigenvalue weighted by molar-refractivity contribution is 0.0503. The standard InChI is InChI=1S/C29H37N3O6/c1-27(2,3)37-25(34)31-20-15-18(24(33)36-9)11-10-17(20)14-21(31)23-19-12-13-29(7,8)16-22(19)32(30-23)26(35)38-28(4,5)6/h10-11,14-15H,12-13,16H2,1-9H3. The van der Waals surface area contributed by atoms with Crippen LogP contribution in [-0.2, 0) is 27.1 Å². The highest BCUT2D eigenvalue weighted by atomic mass is 16.6. The van der Waals surface area contributed by atoms with Crippen molar-refractivity contribution < 1.29 is 28.6 Å². The zero-order valence-electron chi connectivity index (χ0n) is 23.7. The number of benzene rings is 1. The minimum absolute atomic E-state index is 0.0304. The van der Waals surface area contributed by atoms with Crippen molar-refractivity contribution in [2.75, 3.05) is 7.11 Å². The monoisotopic (exact) mass is 523 g/mol. The van der Waals surface area contributed by atoms with Gasteiger partial charge in [0.15, 0.2) is 0 Å². The lowest BCUT2D eigenvalue weighted by atomic mass is 9.76. The Balaban J connectivity index is 1.98. The van der Waals surface area contributed by atoms with Gasteiger partial charge in [-0.1, -0.05) is 19.9 Å². The Bertz CT molecular complexity index is 1430. The van der Waals surface area contributed by atoms with Crippen LogP contribution >= 0.6 is 0 Å². The molecule has 0 unspecified atom stereocenters. The van der Waals surface area contributed by atoms with Gasteiger partial charge in [-0.05, 0) is 84.4 Å². The number of carbonyl (C=O) groups is 3. The van der Waals surface area contributed by atoms with E-state index < -0.39 is 29.4 Å². The van der Waals surface area contributed by atoms with E-state index in [1.54, 1.807) is 39.0 Å². The molecule has 9 nitrogen and oxygen atoms in total. The number of rotatable bonds is 2. The SMILES string of the molecule is COC(=O)c1ccc2cc(-c3nn(C(=O)OC(C)(C)C)c4c3CCC(C)(C)C4)n(C(=O)OC(C)(C)C)c2c1. The van der Waals surface area contributed by atoms with Gasteiger partial charge < -0.3 is 14.2 Å². The van der Waals surface area contributed by atoms with Gasteiger partial charge in [-0.15, -0.1) is 0 Å². The molecule has 0 saturated heterocycles. The third kappa shape index (κ3) is 5.47. The van der Waals surface area contributed by atoms with Gasteiger partial charge in [-0.3, -0.25) is 0 Å². The van der Waals surface area contributed by atoms with E-state index in [9.17, 15) is 14.4 Å². The summed E-state index contributed by atoms with van der Waals surface area (Å²) in [7, 11) is 1.31. The number of fused-ring (bicyclic) bond motifs is 2. The number of ether oxygens (including phenoxy) is 3. The van der Waals surface area contributed by atoms with Crippen molar-refractivity contribution in [3.8, 4) is 11.4 Å². The Morgan fingerprint density at radius 3 is 2.18 bits per heavy atom. The van der Waals surface area contributed by atoms with Gasteiger partial charge in [0, 0.05) is 10.9 Å². The summed E-state index contributed by atoms with van der Waals surface area (Å²) in [5.41, 5.74) is 1.97. The number of esters is 1. The van der Waals surface area contributed by atoms with E-state index in [0.29, 0.717) is 35.3 Å². The van der Waals surface area contributed by atoms with Crippen LogP contribution < -0.4 is 0 Å². The third-order valence-corrected chi connectivity index (χ3v) is 6.40. The van der Waals surface area contributed by atoms with Gasteiger partial charge in [0.1, 0.15) is 16.9 Å². The van der Waals surface area contributed by atoms with Crippen LogP contribution in [0.1, 0.15) is 83.4 Å². The highest BCUT2D eigenvalue weighted by Gasteiger charge is 2.36. The molecular weight excluding hydrogens is 486 g/mol. The van der Waals surface area contributed by atoms with E-state index in [-0.39, 0.29) is 5.41 Å². The van der Waals surface area contributed by atoms with Gasteiger partial charge in [-0.2, -0.15) is 9.78 Å². The summed E-state index contributed by atoms with van der Waals surface area (Å²) in [5, 5.41) is 5.46. The van der Waals surface area contributed by atoms with Crippen molar-refractivity contribution in [1.82, 2.24) is 14.3 Å². The van der Waals surface area contributed by atoms with E-state index in [4.69, 9.17) is 19.3 Å². The molecule has 1 aliphatic rings. The predicted molar refractivity (Wildman–Crippen MR) is 144 cm³/mol. The lowest BCUT2D eigenvalue weighted by Gasteiger charge is -2.30. The summed E-state index contributed by atoms with van der Waals surface area (Å²) in [6.45, 7) is 15.1. The molecule has 0 saturated carbocycles. The summed E-state index contributed by atoms with van der Waals surface area (Å²) in [6.07, 6.45) is 1.04. The number of aromatic nitrogens is 3. The Hall–Kier alpha value is -3.62. The Morgan fingerprint density at radius 2 is 1.58 bits per heavy atom. The predicted octanol–water partition coefficient (Wildman–Crippen LogP) is 6.37. The molecule has 0 spiro atoms. The van der Waals surface area contributed by atoms with Gasteiger partial charge >= 0.3 is 18.2 Å². The maximum atomic E-state index is 13.6. The van der Waals surface area contributed by atoms with Crippen LogP contribution in [0.3, 0.4) is 0 Å². The molecule has 0 bridgehead atoms. The number of nitrogens with zero attached hydrogens (tertiary/aromatic N) is 3. The maximum Gasteiger partial charge on any atom is 0.435 e. The number of hydrogen-bond acceptors (Lipinski definition) is 7. The molecule has 2 aromatic heterocycles. The van der Waals surface area contributed by atoms with E-state index in [0.717, 1.165) is 23.1 Å². The van der Waals surface area contributed by atoms with E-state index >= 15 is 0 Å². The average molecular weight is 524 g/mol. The van der Waals surface area contributed by atoms with E-state index in [1.807, 2.05) is 26.8 Å². The Kier molecular flexibility index (Phi) is 6.70. The minimum atomic E-state index is -0.760. The molecule has 0 atom stereocenters. The number of methoxy groups -OCH3 is 1. The summed E-state index contributed by atoms with van der Waals surface area (Å²) in [4.78, 5) is 39.1. The molecule has 38 heavy (non-hydrogen) atoms. The summed E-state index contributed by atoms with van der Waals surface area (Å²) in [6, 6.07) is 6.85. The van der Waals surface area contributed by atoms with Crippen molar-refractivity contribution in [3.63, 3.8) is 0 Å². The normalized spacial score (nSPS) is 15.2. The summed E-state index contributed by atoms with van der Waals surface area (Å²) in [5.74, 6) is -0.515. The number of hydrogen-bond donors (Lipinski definition) is 0. The summed E-state index contributed by atoms with van der Waals surface area (Å²) < 4.78 is 19.1. The van der Waals surface area contributed by atoms with Gasteiger partial charge in [0.25, 0.3) is 0 Å². The minimum Gasteiger partial charge on any atom is -0.465 e. The van der Waals surface area contributed by atoms with Crippen LogP contribution in [0.25, 0.3) is 22.3 Å². The van der Waals surface area contributed by atoms with Crippen LogP contribution in [0.5, 0.6) is 0 Å². The second kappa shape index (κ2) is 9.29. The first-order valence-corrected chi connectivity index (χ1v) is 12.8. The topological polar surface area (TPSA) is 102 Å². The molecule has 0 fully saturated rings. The van der Waals surface area contributed by atoms with Crippen LogP contribution in [-0.4, -0.2) is 50.8 Å². The molecule has 2 heterocycles. The Labute approximate surface area is 223 Å². The largest absolute Gasteiger partial charge is 0.465 e. The molecule has 1 aromatic carbocycles. The Morgan fingerprint density at radius 1 is 0.947 bits per heavy atom. The highest BCUT2D eigenvalue weighted by molar-refractivity contribution is 6.00. The van der Waals surface area contributed by atoms with Crippen molar-refractivity contribution in [2.24, 2.45) is 5.41 Å². The molecule has 0 radical (unpaired) electrons. The second-order valence-corrected chi connectivity index (χ2v) is 12.6. The van der Waals surface area contributed by atoms with Crippen LogP contribution in [0.2, 0.25) is 0 Å². The fourth-order valence-electron chi connectivity index (χ4n) is 4.72. The second-order valence-electron chi connectivity index (χ2n) is 12.6. The quantitative estimate of drug-likeness (QED) is 0.284. The first-order chi connectivity index (χ1) is 17.5.